The highest BCUT2D eigenvalue weighted by molar-refractivity contribution is 5.85. The van der Waals surface area contributed by atoms with Crippen molar-refractivity contribution in [1.29, 1.82) is 0 Å². The molecule has 0 spiro atoms. The molecule has 1 saturated heterocycles. The van der Waals surface area contributed by atoms with Crippen molar-refractivity contribution in [2.24, 2.45) is 0 Å². The molecule has 2 amide bonds. The van der Waals surface area contributed by atoms with E-state index in [1.54, 1.807) is 4.90 Å². The number of amides is 2. The molecule has 1 heterocycles. The summed E-state index contributed by atoms with van der Waals surface area (Å²) in [5, 5.41) is 23.0. The van der Waals surface area contributed by atoms with Crippen molar-refractivity contribution in [3.8, 4) is 5.75 Å². The molecule has 0 bridgehead atoms. The van der Waals surface area contributed by atoms with Gasteiger partial charge in [-0.15, -0.1) is 0 Å². The second-order valence-electron chi connectivity index (χ2n) is 9.16. The number of nitrogens with zero attached hydrogens (tertiary/aromatic N) is 1. The normalized spacial score (nSPS) is 20.8. The summed E-state index contributed by atoms with van der Waals surface area (Å²) in [6, 6.07) is 17.1. The van der Waals surface area contributed by atoms with Crippen molar-refractivity contribution in [3.05, 3.63) is 65.7 Å². The Hall–Kier alpha value is -3.06. The molecule has 4 rings (SSSR count). The topological polar surface area (TPSA) is 99.1 Å². The maximum atomic E-state index is 13.6. The Balaban J connectivity index is 1.51. The molecule has 0 aromatic heterocycles. The first-order valence-corrected chi connectivity index (χ1v) is 11.7. The van der Waals surface area contributed by atoms with Crippen molar-refractivity contribution in [1.82, 2.24) is 10.2 Å². The molecule has 1 aliphatic heterocycles. The fraction of sp³-hybridized carbons (Fsp3) is 0.462. The van der Waals surface area contributed by atoms with Gasteiger partial charge < -0.3 is 25.2 Å². The largest absolute Gasteiger partial charge is 0.489 e. The van der Waals surface area contributed by atoms with Crippen LogP contribution in [0.2, 0.25) is 0 Å². The molecule has 1 saturated carbocycles. The van der Waals surface area contributed by atoms with E-state index in [0.29, 0.717) is 44.7 Å². The Bertz CT molecular complexity index is 941. The molecule has 2 fully saturated rings. The SMILES string of the molecule is O=C(O)N[C@@H]1CCN(C(=O)C(c2ccc(OCc3ccccc3)cc2)C2(O)CCCCC2)C1. The second-order valence-corrected chi connectivity index (χ2v) is 9.16. The summed E-state index contributed by atoms with van der Waals surface area (Å²) in [4.78, 5) is 26.3. The summed E-state index contributed by atoms with van der Waals surface area (Å²) in [6.07, 6.45) is 3.51. The van der Waals surface area contributed by atoms with Crippen LogP contribution < -0.4 is 10.1 Å². The fourth-order valence-corrected chi connectivity index (χ4v) is 5.07. The summed E-state index contributed by atoms with van der Waals surface area (Å²) < 4.78 is 5.89. The van der Waals surface area contributed by atoms with Crippen molar-refractivity contribution in [2.45, 2.75) is 62.7 Å². The maximum Gasteiger partial charge on any atom is 0.404 e. The van der Waals surface area contributed by atoms with E-state index in [-0.39, 0.29) is 11.9 Å². The monoisotopic (exact) mass is 452 g/mol. The zero-order chi connectivity index (χ0) is 23.3. The van der Waals surface area contributed by atoms with E-state index >= 15 is 0 Å². The third kappa shape index (κ3) is 5.66. The minimum absolute atomic E-state index is 0.132. The number of aliphatic hydroxyl groups is 1. The van der Waals surface area contributed by atoms with Gasteiger partial charge in [-0.05, 0) is 42.5 Å². The van der Waals surface area contributed by atoms with Crippen LogP contribution in [0.4, 0.5) is 4.79 Å². The quantitative estimate of drug-likeness (QED) is 0.592. The Morgan fingerprint density at radius 3 is 2.42 bits per heavy atom. The van der Waals surface area contributed by atoms with Gasteiger partial charge in [0.1, 0.15) is 12.4 Å². The molecule has 0 radical (unpaired) electrons. The number of nitrogens with one attached hydrogen (secondary N) is 1. The lowest BCUT2D eigenvalue weighted by molar-refractivity contribution is -0.140. The Morgan fingerprint density at radius 2 is 1.76 bits per heavy atom. The minimum atomic E-state index is -1.10. The number of rotatable bonds is 7. The number of hydrogen-bond acceptors (Lipinski definition) is 4. The smallest absolute Gasteiger partial charge is 0.404 e. The first kappa shape index (κ1) is 23.1. The number of hydrogen-bond donors (Lipinski definition) is 3. The van der Waals surface area contributed by atoms with Crippen molar-refractivity contribution in [3.63, 3.8) is 0 Å². The average molecular weight is 453 g/mol. The van der Waals surface area contributed by atoms with Crippen LogP contribution in [0.25, 0.3) is 0 Å². The fourth-order valence-electron chi connectivity index (χ4n) is 5.07. The summed E-state index contributed by atoms with van der Waals surface area (Å²) in [7, 11) is 0. The third-order valence-corrected chi connectivity index (χ3v) is 6.79. The molecule has 2 aromatic rings. The van der Waals surface area contributed by atoms with Gasteiger partial charge in [0.25, 0.3) is 0 Å². The number of benzene rings is 2. The highest BCUT2D eigenvalue weighted by Gasteiger charge is 2.45. The van der Waals surface area contributed by atoms with E-state index in [1.165, 1.54) is 0 Å². The van der Waals surface area contributed by atoms with Crippen molar-refractivity contribution in [2.75, 3.05) is 13.1 Å². The molecule has 2 aliphatic rings. The van der Waals surface area contributed by atoms with Crippen LogP contribution in [0.15, 0.2) is 54.6 Å². The molecule has 7 nitrogen and oxygen atoms in total. The third-order valence-electron chi connectivity index (χ3n) is 6.79. The van der Waals surface area contributed by atoms with Crippen molar-refractivity contribution < 1.29 is 24.5 Å². The molecule has 3 N–H and O–H groups in total. The lowest BCUT2D eigenvalue weighted by atomic mass is 9.72. The maximum absolute atomic E-state index is 13.6. The van der Waals surface area contributed by atoms with Gasteiger partial charge in [-0.1, -0.05) is 61.7 Å². The predicted molar refractivity (Wildman–Crippen MR) is 124 cm³/mol. The van der Waals surface area contributed by atoms with Crippen LogP contribution in [0.3, 0.4) is 0 Å². The lowest BCUT2D eigenvalue weighted by Gasteiger charge is -2.40. The molecular weight excluding hydrogens is 420 g/mol. The van der Waals surface area contributed by atoms with Gasteiger partial charge in [-0.3, -0.25) is 4.79 Å². The lowest BCUT2D eigenvalue weighted by Crippen LogP contribution is -2.48. The first-order chi connectivity index (χ1) is 15.9. The summed E-state index contributed by atoms with van der Waals surface area (Å²) in [6.45, 7) is 1.27. The molecule has 1 unspecified atom stereocenters. The molecule has 7 heteroatoms. The summed E-state index contributed by atoms with van der Waals surface area (Å²) in [5.74, 6) is -0.104. The predicted octanol–water partition coefficient (Wildman–Crippen LogP) is 3.91. The Kier molecular flexibility index (Phi) is 7.18. The minimum Gasteiger partial charge on any atom is -0.489 e. The van der Waals surface area contributed by atoms with Crippen LogP contribution in [-0.2, 0) is 11.4 Å². The highest BCUT2D eigenvalue weighted by atomic mass is 16.5. The first-order valence-electron chi connectivity index (χ1n) is 11.7. The molecule has 2 atom stereocenters. The van der Waals surface area contributed by atoms with E-state index < -0.39 is 17.6 Å². The summed E-state index contributed by atoms with van der Waals surface area (Å²) in [5.41, 5.74) is 0.746. The van der Waals surface area contributed by atoms with Crippen LogP contribution in [0.5, 0.6) is 5.75 Å². The van der Waals surface area contributed by atoms with Gasteiger partial charge in [-0.25, -0.2) is 4.79 Å². The Labute approximate surface area is 194 Å². The summed E-state index contributed by atoms with van der Waals surface area (Å²) >= 11 is 0. The van der Waals surface area contributed by atoms with Crippen LogP contribution in [0.1, 0.15) is 55.6 Å². The van der Waals surface area contributed by atoms with Gasteiger partial charge in [0.2, 0.25) is 5.91 Å². The number of carboxylic acid groups (broad SMARTS) is 1. The van der Waals surface area contributed by atoms with Gasteiger partial charge >= 0.3 is 6.09 Å². The number of likely N-dealkylation sites (tertiary alicyclic amines) is 1. The Morgan fingerprint density at radius 1 is 1.06 bits per heavy atom. The van der Waals surface area contributed by atoms with Crippen LogP contribution >= 0.6 is 0 Å². The van der Waals surface area contributed by atoms with E-state index in [4.69, 9.17) is 9.84 Å². The van der Waals surface area contributed by atoms with E-state index in [0.717, 1.165) is 30.4 Å². The van der Waals surface area contributed by atoms with E-state index in [1.807, 2.05) is 54.6 Å². The second kappa shape index (κ2) is 10.3. The zero-order valence-electron chi connectivity index (χ0n) is 18.8. The van der Waals surface area contributed by atoms with Crippen LogP contribution in [-0.4, -0.2) is 51.8 Å². The number of carbonyl (C=O) groups is 2. The zero-order valence-corrected chi connectivity index (χ0v) is 18.8. The molecular formula is C26H32N2O5. The van der Waals surface area contributed by atoms with Gasteiger partial charge in [-0.2, -0.15) is 0 Å². The van der Waals surface area contributed by atoms with Crippen molar-refractivity contribution >= 4 is 12.0 Å². The number of ether oxygens (including phenoxy) is 1. The van der Waals surface area contributed by atoms with E-state index in [2.05, 4.69) is 5.32 Å². The average Bonchev–Trinajstić information content (AvgIpc) is 3.27. The highest BCUT2D eigenvalue weighted by Crippen LogP contribution is 2.42. The number of carbonyl (C=O) groups excluding carboxylic acids is 1. The van der Waals surface area contributed by atoms with Gasteiger partial charge in [0, 0.05) is 13.1 Å². The molecule has 176 valence electrons. The van der Waals surface area contributed by atoms with Gasteiger partial charge in [0.05, 0.1) is 17.6 Å². The standard InChI is InChI=1S/C26H32N2O5/c29-24(28-16-13-21(17-28)27-25(30)31)23(26(32)14-5-2-6-15-26)20-9-11-22(12-10-20)33-18-19-7-3-1-4-8-19/h1,3-4,7-12,21,23,27,32H,2,5-6,13-18H2,(H,30,31)/t21-,23?/m1/s1. The molecule has 33 heavy (non-hydrogen) atoms. The van der Waals surface area contributed by atoms with Crippen LogP contribution in [0, 0.1) is 0 Å². The van der Waals surface area contributed by atoms with Gasteiger partial charge in [0.15, 0.2) is 0 Å². The molecule has 1 aliphatic carbocycles. The van der Waals surface area contributed by atoms with E-state index in [9.17, 15) is 14.7 Å². The molecule has 2 aromatic carbocycles.